The van der Waals surface area contributed by atoms with E-state index in [1.54, 1.807) is 0 Å². The molecule has 0 radical (unpaired) electrons. The molecule has 3 N–H and O–H groups in total. The van der Waals surface area contributed by atoms with Crippen LogP contribution >= 0.6 is 0 Å². The van der Waals surface area contributed by atoms with Gasteiger partial charge in [0.05, 0.1) is 6.10 Å². The number of piperidine rings is 1. The minimum Gasteiger partial charge on any atom is -0.393 e. The molecule has 1 fully saturated rings. The van der Waals surface area contributed by atoms with E-state index in [1.807, 2.05) is 0 Å². The highest BCUT2D eigenvalue weighted by Crippen LogP contribution is 2.23. The van der Waals surface area contributed by atoms with Crippen LogP contribution in [-0.2, 0) is 0 Å². The second-order valence-corrected chi connectivity index (χ2v) is 4.80. The summed E-state index contributed by atoms with van der Waals surface area (Å²) in [7, 11) is 0. The predicted molar refractivity (Wildman–Crippen MR) is 54.5 cm³/mol. The van der Waals surface area contributed by atoms with Gasteiger partial charge in [0.15, 0.2) is 0 Å². The first-order valence-corrected chi connectivity index (χ1v) is 5.10. The summed E-state index contributed by atoms with van der Waals surface area (Å²) in [6, 6.07) is 0. The van der Waals surface area contributed by atoms with Crippen LogP contribution in [-0.4, -0.2) is 41.3 Å². The average molecular weight is 186 g/mol. The van der Waals surface area contributed by atoms with E-state index < -0.39 is 0 Å². The van der Waals surface area contributed by atoms with Crippen LogP contribution in [0.4, 0.5) is 0 Å². The summed E-state index contributed by atoms with van der Waals surface area (Å²) in [5.74, 6) is 0.375. The largest absolute Gasteiger partial charge is 0.393 e. The maximum atomic E-state index is 9.58. The van der Waals surface area contributed by atoms with E-state index in [0.29, 0.717) is 12.5 Å². The van der Waals surface area contributed by atoms with Gasteiger partial charge in [-0.25, -0.2) is 0 Å². The molecule has 0 spiro atoms. The molecule has 13 heavy (non-hydrogen) atoms. The van der Waals surface area contributed by atoms with Crippen LogP contribution in [0.2, 0.25) is 0 Å². The molecule has 0 aliphatic carbocycles. The zero-order chi connectivity index (χ0) is 10.1. The van der Waals surface area contributed by atoms with Crippen LogP contribution in [0.5, 0.6) is 0 Å². The van der Waals surface area contributed by atoms with Gasteiger partial charge in [0.1, 0.15) is 0 Å². The van der Waals surface area contributed by atoms with Crippen molar-refractivity contribution in [3.8, 4) is 0 Å². The van der Waals surface area contributed by atoms with Crippen molar-refractivity contribution in [2.75, 3.05) is 19.6 Å². The van der Waals surface area contributed by atoms with E-state index in [0.717, 1.165) is 19.5 Å². The van der Waals surface area contributed by atoms with E-state index in [4.69, 9.17) is 5.73 Å². The monoisotopic (exact) mass is 186 g/mol. The first kappa shape index (κ1) is 11.0. The standard InChI is InChI=1S/C10H22N2O/c1-8-6-12(5-4-9(8)13)10(2,3)7-11/h8-9,13H,4-7,11H2,1-3H3. The molecule has 1 rings (SSSR count). The molecule has 78 valence electrons. The number of hydrogen-bond donors (Lipinski definition) is 2. The molecule has 0 saturated carbocycles. The van der Waals surface area contributed by atoms with Crippen molar-refractivity contribution in [1.82, 2.24) is 4.90 Å². The summed E-state index contributed by atoms with van der Waals surface area (Å²) in [5, 5.41) is 9.58. The zero-order valence-electron chi connectivity index (χ0n) is 8.95. The molecule has 1 aliphatic rings. The molecule has 2 atom stereocenters. The molecule has 0 aromatic heterocycles. The van der Waals surface area contributed by atoms with Gasteiger partial charge in [0.25, 0.3) is 0 Å². The van der Waals surface area contributed by atoms with E-state index in [-0.39, 0.29) is 11.6 Å². The minimum absolute atomic E-state index is 0.0778. The predicted octanol–water partition coefficient (Wildman–Crippen LogP) is 0.426. The van der Waals surface area contributed by atoms with Gasteiger partial charge in [-0.15, -0.1) is 0 Å². The third-order valence-electron chi connectivity index (χ3n) is 3.22. The third kappa shape index (κ3) is 2.42. The number of rotatable bonds is 2. The Morgan fingerprint density at radius 2 is 2.15 bits per heavy atom. The maximum absolute atomic E-state index is 9.58. The summed E-state index contributed by atoms with van der Waals surface area (Å²) >= 11 is 0. The van der Waals surface area contributed by atoms with Crippen LogP contribution in [0, 0.1) is 5.92 Å². The molecular formula is C10H22N2O. The lowest BCUT2D eigenvalue weighted by Gasteiger charge is -2.44. The average Bonchev–Trinajstić information content (AvgIpc) is 2.09. The Labute approximate surface area is 80.9 Å². The maximum Gasteiger partial charge on any atom is 0.0590 e. The van der Waals surface area contributed by atoms with Crippen molar-refractivity contribution in [3.63, 3.8) is 0 Å². The van der Waals surface area contributed by atoms with E-state index in [9.17, 15) is 5.11 Å². The van der Waals surface area contributed by atoms with Crippen LogP contribution in [0.1, 0.15) is 27.2 Å². The van der Waals surface area contributed by atoms with Gasteiger partial charge in [-0.3, -0.25) is 4.90 Å². The Morgan fingerprint density at radius 3 is 2.62 bits per heavy atom. The van der Waals surface area contributed by atoms with Gasteiger partial charge in [0, 0.05) is 25.2 Å². The quantitative estimate of drug-likeness (QED) is 0.657. The topological polar surface area (TPSA) is 49.5 Å². The number of nitrogens with two attached hydrogens (primary N) is 1. The first-order chi connectivity index (χ1) is 5.97. The van der Waals surface area contributed by atoms with Gasteiger partial charge >= 0.3 is 0 Å². The summed E-state index contributed by atoms with van der Waals surface area (Å²) in [6.07, 6.45) is 0.759. The number of aliphatic hydroxyl groups excluding tert-OH is 1. The Kier molecular flexibility index (Phi) is 3.33. The molecule has 2 unspecified atom stereocenters. The molecule has 3 nitrogen and oxygen atoms in total. The second kappa shape index (κ2) is 3.95. The van der Waals surface area contributed by atoms with Gasteiger partial charge in [-0.05, 0) is 26.2 Å². The van der Waals surface area contributed by atoms with Crippen molar-refractivity contribution in [1.29, 1.82) is 0 Å². The van der Waals surface area contributed by atoms with Crippen molar-refractivity contribution in [3.05, 3.63) is 0 Å². The number of hydrogen-bond acceptors (Lipinski definition) is 3. The molecule has 0 amide bonds. The molecule has 0 bridgehead atoms. The van der Waals surface area contributed by atoms with Crippen LogP contribution in [0.15, 0.2) is 0 Å². The van der Waals surface area contributed by atoms with Gasteiger partial charge in [-0.2, -0.15) is 0 Å². The Bertz CT molecular complexity index is 170. The zero-order valence-corrected chi connectivity index (χ0v) is 8.95. The van der Waals surface area contributed by atoms with Crippen LogP contribution < -0.4 is 5.73 Å². The molecule has 3 heteroatoms. The Hall–Kier alpha value is -0.120. The Balaban J connectivity index is 2.55. The Morgan fingerprint density at radius 1 is 1.54 bits per heavy atom. The van der Waals surface area contributed by atoms with Gasteiger partial charge in [-0.1, -0.05) is 6.92 Å². The molecule has 1 saturated heterocycles. The molecular weight excluding hydrogens is 164 g/mol. The van der Waals surface area contributed by atoms with E-state index >= 15 is 0 Å². The van der Waals surface area contributed by atoms with E-state index in [2.05, 4.69) is 25.7 Å². The number of aliphatic hydroxyl groups is 1. The fourth-order valence-corrected chi connectivity index (χ4v) is 1.81. The highest BCUT2D eigenvalue weighted by Gasteiger charge is 2.32. The smallest absolute Gasteiger partial charge is 0.0590 e. The molecule has 0 aromatic rings. The van der Waals surface area contributed by atoms with Crippen LogP contribution in [0.3, 0.4) is 0 Å². The van der Waals surface area contributed by atoms with E-state index in [1.165, 1.54) is 0 Å². The molecule has 1 aliphatic heterocycles. The second-order valence-electron chi connectivity index (χ2n) is 4.80. The number of nitrogens with zero attached hydrogens (tertiary/aromatic N) is 1. The summed E-state index contributed by atoms with van der Waals surface area (Å²) in [5.41, 5.74) is 5.79. The molecule has 0 aromatic carbocycles. The number of likely N-dealkylation sites (tertiary alicyclic amines) is 1. The van der Waals surface area contributed by atoms with Crippen molar-refractivity contribution in [2.24, 2.45) is 11.7 Å². The van der Waals surface area contributed by atoms with Crippen molar-refractivity contribution in [2.45, 2.75) is 38.8 Å². The molecule has 1 heterocycles. The SMILES string of the molecule is CC1CN(C(C)(C)CN)CCC1O. The fraction of sp³-hybridized carbons (Fsp3) is 1.00. The summed E-state index contributed by atoms with van der Waals surface area (Å²) < 4.78 is 0. The highest BCUT2D eigenvalue weighted by atomic mass is 16.3. The third-order valence-corrected chi connectivity index (χ3v) is 3.22. The normalized spacial score (nSPS) is 32.1. The summed E-state index contributed by atoms with van der Waals surface area (Å²) in [4.78, 5) is 2.38. The van der Waals surface area contributed by atoms with Crippen molar-refractivity contribution < 1.29 is 5.11 Å². The first-order valence-electron chi connectivity index (χ1n) is 5.10. The fourth-order valence-electron chi connectivity index (χ4n) is 1.81. The lowest BCUT2D eigenvalue weighted by molar-refractivity contribution is -0.00415. The minimum atomic E-state index is -0.121. The summed E-state index contributed by atoms with van der Waals surface area (Å²) in [6.45, 7) is 9.04. The highest BCUT2D eigenvalue weighted by molar-refractivity contribution is 4.88. The van der Waals surface area contributed by atoms with Crippen molar-refractivity contribution >= 4 is 0 Å². The van der Waals surface area contributed by atoms with Crippen LogP contribution in [0.25, 0.3) is 0 Å². The van der Waals surface area contributed by atoms with Gasteiger partial charge in [0.2, 0.25) is 0 Å². The lowest BCUT2D eigenvalue weighted by Crippen LogP contribution is -2.55. The lowest BCUT2D eigenvalue weighted by atomic mass is 9.91. The van der Waals surface area contributed by atoms with Gasteiger partial charge < -0.3 is 10.8 Å².